The Labute approximate surface area is 185 Å². The molecule has 1 heterocycles. The number of esters is 1. The molecule has 4 aromatic rings. The van der Waals surface area contributed by atoms with Crippen LogP contribution >= 0.6 is 11.3 Å². The summed E-state index contributed by atoms with van der Waals surface area (Å²) in [6, 6.07) is 24.6. The molecule has 1 N–H and O–H groups in total. The van der Waals surface area contributed by atoms with E-state index in [0.29, 0.717) is 11.3 Å². The maximum absolute atomic E-state index is 12.2. The number of nitrogens with zero attached hydrogens (tertiary/aromatic N) is 2. The molecule has 0 aliphatic heterocycles. The predicted molar refractivity (Wildman–Crippen MR) is 126 cm³/mol. The van der Waals surface area contributed by atoms with E-state index >= 15 is 0 Å². The molecule has 6 heteroatoms. The van der Waals surface area contributed by atoms with Gasteiger partial charge in [-0.25, -0.2) is 9.78 Å². The molecule has 5 nitrogen and oxygen atoms in total. The molecule has 1 aromatic heterocycles. The third kappa shape index (κ3) is 5.24. The van der Waals surface area contributed by atoms with Crippen molar-refractivity contribution < 1.29 is 9.53 Å². The number of ether oxygens (including phenoxy) is 1. The highest BCUT2D eigenvalue weighted by atomic mass is 32.1. The summed E-state index contributed by atoms with van der Waals surface area (Å²) in [6.07, 6.45) is 1.70. The quantitative estimate of drug-likeness (QED) is 0.175. The van der Waals surface area contributed by atoms with Gasteiger partial charge in [-0.1, -0.05) is 48.0 Å². The van der Waals surface area contributed by atoms with Gasteiger partial charge in [0.15, 0.2) is 0 Å². The summed E-state index contributed by atoms with van der Waals surface area (Å²) in [5.41, 5.74) is 7.46. The van der Waals surface area contributed by atoms with E-state index in [1.54, 1.807) is 41.8 Å². The van der Waals surface area contributed by atoms with E-state index < -0.39 is 0 Å². The standard InChI is InChI=1S/C25H21N3O2S/c1-17-7-6-10-21(15-17)24(29)30-22-13-11-19(12-14-22)16-26-28-25-27-23(18(2)31-25)20-8-4-3-5-9-20/h3-16H,1-2H3,(H,27,28)/b26-16-. The van der Waals surface area contributed by atoms with E-state index in [-0.39, 0.29) is 5.97 Å². The van der Waals surface area contributed by atoms with Gasteiger partial charge in [-0.2, -0.15) is 5.10 Å². The molecule has 0 fully saturated rings. The maximum atomic E-state index is 12.2. The van der Waals surface area contributed by atoms with Gasteiger partial charge in [0.1, 0.15) is 5.75 Å². The van der Waals surface area contributed by atoms with Crippen LogP contribution in [0.5, 0.6) is 5.75 Å². The van der Waals surface area contributed by atoms with Crippen LogP contribution in [-0.2, 0) is 0 Å². The first kappa shape index (κ1) is 20.5. The number of anilines is 1. The van der Waals surface area contributed by atoms with Gasteiger partial charge >= 0.3 is 5.97 Å². The highest BCUT2D eigenvalue weighted by Gasteiger charge is 2.09. The number of hydrogen-bond donors (Lipinski definition) is 1. The smallest absolute Gasteiger partial charge is 0.343 e. The molecule has 0 amide bonds. The number of thiazole rings is 1. The van der Waals surface area contributed by atoms with Crippen molar-refractivity contribution in [2.24, 2.45) is 5.10 Å². The summed E-state index contributed by atoms with van der Waals surface area (Å²) in [7, 11) is 0. The second kappa shape index (κ2) is 9.36. The fourth-order valence-electron chi connectivity index (χ4n) is 3.03. The molecular weight excluding hydrogens is 406 g/mol. The second-order valence-electron chi connectivity index (χ2n) is 6.99. The number of carbonyl (C=O) groups is 1. The van der Waals surface area contributed by atoms with E-state index in [1.165, 1.54) is 0 Å². The molecule has 0 saturated carbocycles. The fourth-order valence-corrected chi connectivity index (χ4v) is 3.82. The number of aryl methyl sites for hydroxylation is 2. The predicted octanol–water partition coefficient (Wildman–Crippen LogP) is 6.09. The lowest BCUT2D eigenvalue weighted by atomic mass is 10.1. The van der Waals surface area contributed by atoms with Crippen LogP contribution in [0.2, 0.25) is 0 Å². The van der Waals surface area contributed by atoms with Gasteiger partial charge in [0.05, 0.1) is 17.5 Å². The van der Waals surface area contributed by atoms with Crippen molar-refractivity contribution in [1.29, 1.82) is 0 Å². The minimum Gasteiger partial charge on any atom is -0.423 e. The van der Waals surface area contributed by atoms with Crippen LogP contribution in [0.25, 0.3) is 11.3 Å². The van der Waals surface area contributed by atoms with Gasteiger partial charge < -0.3 is 4.74 Å². The van der Waals surface area contributed by atoms with E-state index in [2.05, 4.69) is 15.5 Å². The molecule has 154 valence electrons. The minimum atomic E-state index is -0.375. The molecule has 31 heavy (non-hydrogen) atoms. The highest BCUT2D eigenvalue weighted by Crippen LogP contribution is 2.30. The van der Waals surface area contributed by atoms with Gasteiger partial charge in [-0.05, 0) is 55.8 Å². The Hall–Kier alpha value is -3.77. The van der Waals surface area contributed by atoms with Crippen LogP contribution in [-0.4, -0.2) is 17.2 Å². The Balaban J connectivity index is 1.37. The van der Waals surface area contributed by atoms with E-state index in [9.17, 15) is 4.79 Å². The molecule has 0 unspecified atom stereocenters. The largest absolute Gasteiger partial charge is 0.423 e. The number of hydrogen-bond acceptors (Lipinski definition) is 6. The van der Waals surface area contributed by atoms with Gasteiger partial charge in [0.2, 0.25) is 5.13 Å². The monoisotopic (exact) mass is 427 g/mol. The zero-order chi connectivity index (χ0) is 21.6. The minimum absolute atomic E-state index is 0.375. The molecular formula is C25H21N3O2S. The third-order valence-corrected chi connectivity index (χ3v) is 5.44. The van der Waals surface area contributed by atoms with Crippen molar-refractivity contribution in [2.45, 2.75) is 13.8 Å². The normalized spacial score (nSPS) is 10.9. The summed E-state index contributed by atoms with van der Waals surface area (Å²) < 4.78 is 5.43. The van der Waals surface area contributed by atoms with Crippen LogP contribution in [0, 0.1) is 13.8 Å². The van der Waals surface area contributed by atoms with Gasteiger partial charge in [0, 0.05) is 10.4 Å². The number of nitrogens with one attached hydrogen (secondary N) is 1. The Morgan fingerprint density at radius 2 is 1.77 bits per heavy atom. The number of rotatable bonds is 6. The van der Waals surface area contributed by atoms with Crippen molar-refractivity contribution in [3.05, 3.63) is 100 Å². The summed E-state index contributed by atoms with van der Waals surface area (Å²) in [5.74, 6) is 0.111. The van der Waals surface area contributed by atoms with E-state index in [4.69, 9.17) is 4.74 Å². The molecule has 0 spiro atoms. The van der Waals surface area contributed by atoms with Crippen molar-refractivity contribution in [3.63, 3.8) is 0 Å². The first-order valence-electron chi connectivity index (χ1n) is 9.79. The fraction of sp³-hybridized carbons (Fsp3) is 0.0800. The van der Waals surface area contributed by atoms with Crippen LogP contribution < -0.4 is 10.2 Å². The second-order valence-corrected chi connectivity index (χ2v) is 8.19. The lowest BCUT2D eigenvalue weighted by Gasteiger charge is -2.05. The van der Waals surface area contributed by atoms with Gasteiger partial charge in [0.25, 0.3) is 0 Å². The highest BCUT2D eigenvalue weighted by molar-refractivity contribution is 7.15. The molecule has 0 radical (unpaired) electrons. The van der Waals surface area contributed by atoms with Crippen LogP contribution in [0.15, 0.2) is 84.0 Å². The summed E-state index contributed by atoms with van der Waals surface area (Å²) in [4.78, 5) is 18.0. The number of benzene rings is 3. The average molecular weight is 428 g/mol. The van der Waals surface area contributed by atoms with Crippen LogP contribution in [0.1, 0.15) is 26.4 Å². The van der Waals surface area contributed by atoms with Crippen molar-refractivity contribution in [3.8, 4) is 17.0 Å². The van der Waals surface area contributed by atoms with E-state index in [0.717, 1.165) is 32.4 Å². The van der Waals surface area contributed by atoms with Crippen LogP contribution in [0.4, 0.5) is 5.13 Å². The molecule has 0 bridgehead atoms. The Morgan fingerprint density at radius 3 is 2.52 bits per heavy atom. The zero-order valence-corrected chi connectivity index (χ0v) is 18.0. The Morgan fingerprint density at radius 1 is 1.00 bits per heavy atom. The molecule has 0 atom stereocenters. The Bertz CT molecular complexity index is 1220. The lowest BCUT2D eigenvalue weighted by molar-refractivity contribution is 0.0734. The zero-order valence-electron chi connectivity index (χ0n) is 17.2. The summed E-state index contributed by atoms with van der Waals surface area (Å²) in [6.45, 7) is 3.99. The molecule has 4 rings (SSSR count). The van der Waals surface area contributed by atoms with E-state index in [1.807, 2.05) is 68.4 Å². The lowest BCUT2D eigenvalue weighted by Crippen LogP contribution is -2.08. The SMILES string of the molecule is Cc1cccc(C(=O)Oc2ccc(/C=N\Nc3nc(-c4ccccc4)c(C)s3)cc2)c1. The Kier molecular flexibility index (Phi) is 6.19. The first-order valence-corrected chi connectivity index (χ1v) is 10.6. The summed E-state index contributed by atoms with van der Waals surface area (Å²) >= 11 is 1.56. The topological polar surface area (TPSA) is 63.6 Å². The number of hydrazone groups is 1. The van der Waals surface area contributed by atoms with Crippen molar-refractivity contribution in [2.75, 3.05) is 5.43 Å². The molecule has 0 saturated heterocycles. The van der Waals surface area contributed by atoms with Crippen molar-refractivity contribution in [1.82, 2.24) is 4.98 Å². The molecule has 0 aliphatic rings. The van der Waals surface area contributed by atoms with Crippen molar-refractivity contribution >= 4 is 28.7 Å². The van der Waals surface area contributed by atoms with Gasteiger partial charge in [-0.3, -0.25) is 5.43 Å². The number of carbonyl (C=O) groups excluding carboxylic acids is 1. The van der Waals surface area contributed by atoms with Crippen LogP contribution in [0.3, 0.4) is 0 Å². The molecule has 0 aliphatic carbocycles. The first-order chi connectivity index (χ1) is 15.1. The molecule has 3 aromatic carbocycles. The van der Waals surface area contributed by atoms with Gasteiger partial charge in [-0.15, -0.1) is 11.3 Å². The summed E-state index contributed by atoms with van der Waals surface area (Å²) in [5, 5.41) is 5.01. The maximum Gasteiger partial charge on any atom is 0.343 e. The number of aromatic nitrogens is 1. The third-order valence-electron chi connectivity index (χ3n) is 4.56. The average Bonchev–Trinajstić information content (AvgIpc) is 3.16.